The molecule has 6 aromatic carbocycles. The van der Waals surface area contributed by atoms with Gasteiger partial charge < -0.3 is 25.5 Å². The number of nitrogens with zero attached hydrogens (tertiary/aromatic N) is 9. The first-order chi connectivity index (χ1) is 31.7. The summed E-state index contributed by atoms with van der Waals surface area (Å²) in [5.74, 6) is 0.405. The smallest absolute Gasteiger partial charge is 0.296 e. The number of benzene rings is 6. The summed E-state index contributed by atoms with van der Waals surface area (Å²) in [6.45, 7) is 10.7. The fourth-order valence-corrected chi connectivity index (χ4v) is 9.05. The van der Waals surface area contributed by atoms with E-state index in [1.165, 1.54) is 23.9 Å². The molecule has 0 bridgehead atoms. The van der Waals surface area contributed by atoms with Gasteiger partial charge in [-0.25, -0.2) is 0 Å². The van der Waals surface area contributed by atoms with Crippen molar-refractivity contribution in [3.8, 4) is 0 Å². The van der Waals surface area contributed by atoms with Gasteiger partial charge in [-0.1, -0.05) is 72.4 Å². The highest BCUT2D eigenvalue weighted by Gasteiger charge is 2.21. The van der Waals surface area contributed by atoms with Crippen molar-refractivity contribution in [3.05, 3.63) is 109 Å². The van der Waals surface area contributed by atoms with Crippen molar-refractivity contribution in [2.24, 2.45) is 20.5 Å². The van der Waals surface area contributed by atoms with E-state index in [0.717, 1.165) is 11.4 Å². The van der Waals surface area contributed by atoms with Crippen LogP contribution < -0.4 is 20.4 Å². The second kappa shape index (κ2) is 20.7. The Labute approximate surface area is 386 Å². The normalized spacial score (nSPS) is 12.1. The van der Waals surface area contributed by atoms with Gasteiger partial charge in [0.15, 0.2) is 5.16 Å². The Bertz CT molecular complexity index is 2980. The Kier molecular flexibility index (Phi) is 14.8. The van der Waals surface area contributed by atoms with Gasteiger partial charge in [0.25, 0.3) is 20.2 Å². The van der Waals surface area contributed by atoms with E-state index in [-0.39, 0.29) is 52.2 Å². The Morgan fingerprint density at radius 3 is 1.38 bits per heavy atom. The van der Waals surface area contributed by atoms with Gasteiger partial charge in [0.2, 0.25) is 11.9 Å². The minimum Gasteiger partial charge on any atom is -0.396 e. The number of fused-ring (bicyclic) bond motifs is 2. The van der Waals surface area contributed by atoms with Crippen LogP contribution in [0.1, 0.15) is 27.7 Å². The lowest BCUT2D eigenvalue weighted by molar-refractivity contribution is 0.322. The zero-order valence-corrected chi connectivity index (χ0v) is 38.8. The number of aromatic nitrogens is 3. The predicted octanol–water partition coefficient (Wildman–Crippen LogP) is 10.8. The first kappa shape index (κ1) is 47.3. The average Bonchev–Trinajstić information content (AvgIpc) is 3.30. The molecular formula is C45H47N11O7S3. The molecule has 0 radical (unpaired) electrons. The quantitative estimate of drug-likeness (QED) is 0.0287. The molecule has 5 N–H and O–H groups in total. The van der Waals surface area contributed by atoms with Gasteiger partial charge in [0.05, 0.1) is 18.0 Å². The first-order valence-electron chi connectivity index (χ1n) is 20.9. The highest BCUT2D eigenvalue weighted by Crippen LogP contribution is 2.40. The fraction of sp³-hybridized carbons (Fsp3) is 0.222. The molecule has 0 aliphatic heterocycles. The second-order valence-electron chi connectivity index (χ2n) is 14.5. The Morgan fingerprint density at radius 1 is 0.561 bits per heavy atom. The molecule has 0 aliphatic rings. The van der Waals surface area contributed by atoms with Crippen LogP contribution in [0.4, 0.5) is 57.4 Å². The van der Waals surface area contributed by atoms with Gasteiger partial charge >= 0.3 is 0 Å². The second-order valence-corrected chi connectivity index (χ2v) is 18.3. The Hall–Kier alpha value is -6.62. The molecular weight excluding hydrogens is 903 g/mol. The van der Waals surface area contributed by atoms with Crippen LogP contribution in [0.5, 0.6) is 0 Å². The summed E-state index contributed by atoms with van der Waals surface area (Å²) in [6, 6.07) is 30.6. The molecule has 18 nitrogen and oxygen atoms in total. The topological polar surface area (TPSA) is 248 Å². The van der Waals surface area contributed by atoms with Crippen molar-refractivity contribution in [2.45, 2.75) is 42.6 Å². The molecule has 66 heavy (non-hydrogen) atoms. The third-order valence-electron chi connectivity index (χ3n) is 10.4. The molecule has 0 saturated carbocycles. The molecule has 21 heteroatoms. The van der Waals surface area contributed by atoms with Crippen molar-refractivity contribution >= 4 is 111 Å². The van der Waals surface area contributed by atoms with E-state index in [1.807, 2.05) is 52.0 Å². The number of aliphatic hydroxyl groups is 1. The van der Waals surface area contributed by atoms with Crippen molar-refractivity contribution in [1.29, 1.82) is 0 Å². The monoisotopic (exact) mass is 949 g/mol. The lowest BCUT2D eigenvalue weighted by atomic mass is 10.1. The fourth-order valence-electron chi connectivity index (χ4n) is 7.20. The standard InChI is InChI=1S/C45H47N11O7S3/c1-5-55(6-2)31-19-21-35(51-53-41-33-15-11-9-13-29(33)17-23-39(41)65(58,59)60)37(27-31)46-43-48-44(50-45(49-43)64-26-25-57)47-38-28-32(56(7-3)8-4)20-22-36(38)52-54-42-34-16-12-10-14-30(34)18-24-40(42)66(61,62)63/h9-24,27-28,57H,5-8,25-26H2,1-4H3,(H,58,59,60)(H,61,62,63)(H2,46,47,48,49,50). The highest BCUT2D eigenvalue weighted by atomic mass is 32.2. The molecule has 342 valence electrons. The van der Waals surface area contributed by atoms with E-state index in [1.54, 1.807) is 72.8 Å². The summed E-state index contributed by atoms with van der Waals surface area (Å²) in [4.78, 5) is 17.5. The zero-order valence-electron chi connectivity index (χ0n) is 36.4. The predicted molar refractivity (Wildman–Crippen MR) is 260 cm³/mol. The minimum absolute atomic E-state index is 0.0433. The maximum atomic E-state index is 12.5. The summed E-state index contributed by atoms with van der Waals surface area (Å²) in [5.41, 5.74) is 2.94. The molecule has 7 aromatic rings. The first-order valence-corrected chi connectivity index (χ1v) is 24.7. The zero-order chi connectivity index (χ0) is 47.0. The third kappa shape index (κ3) is 10.9. The summed E-state index contributed by atoms with van der Waals surface area (Å²) in [5, 5.41) is 36.7. The van der Waals surface area contributed by atoms with E-state index >= 15 is 0 Å². The highest BCUT2D eigenvalue weighted by molar-refractivity contribution is 7.99. The van der Waals surface area contributed by atoms with E-state index in [9.17, 15) is 31.0 Å². The number of anilines is 6. The van der Waals surface area contributed by atoms with Gasteiger partial charge in [-0.2, -0.15) is 31.8 Å². The van der Waals surface area contributed by atoms with Crippen LogP contribution in [0.25, 0.3) is 21.5 Å². The van der Waals surface area contributed by atoms with Gasteiger partial charge in [-0.15, -0.1) is 20.5 Å². The van der Waals surface area contributed by atoms with E-state index < -0.39 is 30.0 Å². The maximum absolute atomic E-state index is 12.5. The summed E-state index contributed by atoms with van der Waals surface area (Å²) in [7, 11) is -9.37. The molecule has 0 spiro atoms. The lowest BCUT2D eigenvalue weighted by Gasteiger charge is -2.22. The van der Waals surface area contributed by atoms with Crippen LogP contribution >= 0.6 is 11.8 Å². The molecule has 7 rings (SSSR count). The molecule has 1 heterocycles. The number of aliphatic hydroxyl groups excluding tert-OH is 1. The van der Waals surface area contributed by atoms with Crippen molar-refractivity contribution in [3.63, 3.8) is 0 Å². The third-order valence-corrected chi connectivity index (χ3v) is 13.0. The molecule has 0 unspecified atom stereocenters. The molecule has 0 saturated heterocycles. The van der Waals surface area contributed by atoms with Crippen LogP contribution in [0.3, 0.4) is 0 Å². The molecule has 0 amide bonds. The van der Waals surface area contributed by atoms with E-state index in [0.29, 0.717) is 59.1 Å². The summed E-state index contributed by atoms with van der Waals surface area (Å²) in [6.07, 6.45) is 0. The van der Waals surface area contributed by atoms with Crippen LogP contribution in [0, 0.1) is 0 Å². The van der Waals surface area contributed by atoms with Gasteiger partial charge in [0, 0.05) is 54.1 Å². The number of azo groups is 2. The SMILES string of the molecule is CCN(CC)c1ccc(N=Nc2c(S(=O)(=O)O)ccc3ccccc23)c(Nc2nc(Nc3cc(N(CC)CC)ccc3N=Nc3c(S(=O)(=O)O)ccc4ccccc34)nc(SCCO)n2)c1. The summed E-state index contributed by atoms with van der Waals surface area (Å²) >= 11 is 1.18. The summed E-state index contributed by atoms with van der Waals surface area (Å²) < 4.78 is 70.4. The maximum Gasteiger partial charge on any atom is 0.296 e. The Morgan fingerprint density at radius 2 is 0.985 bits per heavy atom. The van der Waals surface area contributed by atoms with Crippen molar-refractivity contribution in [1.82, 2.24) is 15.0 Å². The number of rotatable bonds is 19. The van der Waals surface area contributed by atoms with Crippen LogP contribution in [0.2, 0.25) is 0 Å². The number of nitrogens with one attached hydrogen (secondary N) is 2. The molecule has 0 fully saturated rings. The number of thioether (sulfide) groups is 1. The number of hydrogen-bond acceptors (Lipinski definition) is 17. The van der Waals surface area contributed by atoms with Gasteiger partial charge in [-0.05, 0) is 87.0 Å². The van der Waals surface area contributed by atoms with Crippen LogP contribution in [-0.2, 0) is 20.2 Å². The van der Waals surface area contributed by atoms with Gasteiger partial charge in [-0.3, -0.25) is 9.11 Å². The van der Waals surface area contributed by atoms with Crippen molar-refractivity contribution in [2.75, 3.05) is 59.0 Å². The lowest BCUT2D eigenvalue weighted by Crippen LogP contribution is -2.21. The molecule has 0 atom stereocenters. The Balaban J connectivity index is 1.34. The largest absolute Gasteiger partial charge is 0.396 e. The average molecular weight is 950 g/mol. The van der Waals surface area contributed by atoms with Crippen LogP contribution in [-0.4, -0.2) is 84.5 Å². The van der Waals surface area contributed by atoms with E-state index in [4.69, 9.17) is 4.98 Å². The van der Waals surface area contributed by atoms with Crippen LogP contribution in [0.15, 0.2) is 145 Å². The van der Waals surface area contributed by atoms with E-state index in [2.05, 4.69) is 50.9 Å². The molecule has 0 aliphatic carbocycles. The minimum atomic E-state index is -4.68. The molecule has 1 aromatic heterocycles. The number of hydrogen-bond donors (Lipinski definition) is 5. The van der Waals surface area contributed by atoms with Crippen molar-refractivity contribution < 1.29 is 31.0 Å². The van der Waals surface area contributed by atoms with Gasteiger partial charge in [0.1, 0.15) is 32.5 Å².